The molecule has 6 nitrogen and oxygen atoms in total. The largest absolute Gasteiger partial charge is 0.526 e. The number of nitrogens with one attached hydrogen (secondary N) is 1. The zero-order valence-electron chi connectivity index (χ0n) is 5.85. The first-order valence-electron chi connectivity index (χ1n) is 3.15. The van der Waals surface area contributed by atoms with Gasteiger partial charge in [0.05, 0.1) is 0 Å². The van der Waals surface area contributed by atoms with Crippen molar-refractivity contribution in [2.75, 3.05) is 5.73 Å². The van der Waals surface area contributed by atoms with E-state index in [0.717, 1.165) is 0 Å². The van der Waals surface area contributed by atoms with Gasteiger partial charge in [-0.1, -0.05) is 11.3 Å². The minimum absolute atomic E-state index is 0.0868. The average Bonchev–Trinajstić information content (AvgIpc) is 2.42. The van der Waals surface area contributed by atoms with Crippen LogP contribution in [0.1, 0.15) is 0 Å². The van der Waals surface area contributed by atoms with E-state index in [1.165, 1.54) is 11.3 Å². The van der Waals surface area contributed by atoms with Crippen LogP contribution in [0.4, 0.5) is 5.13 Å². The molecular weight excluding hydrogens is 179 g/mol. The number of thiazole rings is 1. The molecule has 0 fully saturated rings. The van der Waals surface area contributed by atoms with Crippen molar-refractivity contribution < 1.29 is 10.0 Å². The van der Waals surface area contributed by atoms with Gasteiger partial charge in [-0.25, -0.2) is 9.97 Å². The van der Waals surface area contributed by atoms with Gasteiger partial charge in [-0.3, -0.25) is 0 Å². The number of hydrogen-bond acceptors (Lipinski definition) is 6. The van der Waals surface area contributed by atoms with Crippen LogP contribution >= 0.6 is 11.3 Å². The lowest BCUT2D eigenvalue weighted by atomic mass is 9.91. The van der Waals surface area contributed by atoms with Crippen LogP contribution in [0.2, 0.25) is 0 Å². The highest BCUT2D eigenvalue weighted by Crippen LogP contribution is 2.18. The van der Waals surface area contributed by atoms with Crippen LogP contribution in [0.3, 0.4) is 0 Å². The minimum Gasteiger partial charge on any atom is -0.421 e. The third kappa shape index (κ3) is 1.05. The number of H-pyrrole nitrogens is 1. The molecule has 0 saturated carbocycles. The van der Waals surface area contributed by atoms with Gasteiger partial charge in [0, 0.05) is 0 Å². The molecular formula is C4H5BN4O2S. The molecule has 0 aliphatic carbocycles. The number of rotatable bonds is 1. The van der Waals surface area contributed by atoms with Crippen LogP contribution in [0.5, 0.6) is 0 Å². The number of imidazole rings is 1. The normalized spacial score (nSPS) is 10.8. The summed E-state index contributed by atoms with van der Waals surface area (Å²) in [4.78, 5) is 10.9. The van der Waals surface area contributed by atoms with Crippen LogP contribution in [0.15, 0.2) is 0 Å². The van der Waals surface area contributed by atoms with Gasteiger partial charge in [-0.05, 0) is 0 Å². The summed E-state index contributed by atoms with van der Waals surface area (Å²) in [6.07, 6.45) is 0. The molecule has 8 heteroatoms. The van der Waals surface area contributed by atoms with Crippen LogP contribution in [-0.4, -0.2) is 32.1 Å². The van der Waals surface area contributed by atoms with Crippen LogP contribution < -0.4 is 11.5 Å². The molecule has 2 heterocycles. The third-order valence-electron chi connectivity index (χ3n) is 1.34. The first-order chi connectivity index (χ1) is 5.66. The molecule has 0 saturated heterocycles. The summed E-state index contributed by atoms with van der Waals surface area (Å²) in [5.74, 6) is 0. The maximum Gasteiger partial charge on any atom is 0.526 e. The summed E-state index contributed by atoms with van der Waals surface area (Å²) < 4.78 is 0. The highest BCUT2D eigenvalue weighted by atomic mass is 32.1. The number of anilines is 1. The Labute approximate surface area is 71.2 Å². The number of nitrogens with zero attached hydrogens (tertiary/aromatic N) is 2. The average molecular weight is 184 g/mol. The first kappa shape index (κ1) is 7.53. The molecule has 0 bridgehead atoms. The SMILES string of the molecule is Nc1nc2[nH]c(B(O)O)nc2s1. The molecule has 0 aliphatic heterocycles. The number of hydrogen-bond donors (Lipinski definition) is 4. The molecule has 0 radical (unpaired) electrons. The lowest BCUT2D eigenvalue weighted by Gasteiger charge is -1.88. The second-order valence-electron chi connectivity index (χ2n) is 2.20. The molecule has 0 atom stereocenters. The van der Waals surface area contributed by atoms with Crippen LogP contribution in [0, 0.1) is 0 Å². The predicted molar refractivity (Wildman–Crippen MR) is 46.0 cm³/mol. The number of nitrogen functional groups attached to an aromatic ring is 1. The Morgan fingerprint density at radius 1 is 1.42 bits per heavy atom. The zero-order chi connectivity index (χ0) is 8.72. The number of nitrogens with two attached hydrogens (primary N) is 1. The molecule has 2 rings (SSSR count). The summed E-state index contributed by atoms with van der Waals surface area (Å²) in [5, 5.41) is 17.8. The lowest BCUT2D eigenvalue weighted by Crippen LogP contribution is -2.33. The van der Waals surface area contributed by atoms with Gasteiger partial charge in [-0.2, -0.15) is 0 Å². The summed E-state index contributed by atoms with van der Waals surface area (Å²) in [6.45, 7) is 0. The second-order valence-corrected chi connectivity index (χ2v) is 3.21. The number of fused-ring (bicyclic) bond motifs is 1. The fourth-order valence-electron chi connectivity index (χ4n) is 0.866. The molecule has 0 aliphatic rings. The number of aromatic nitrogens is 3. The van der Waals surface area contributed by atoms with Crippen molar-refractivity contribution >= 4 is 39.8 Å². The van der Waals surface area contributed by atoms with Gasteiger partial charge in [-0.15, -0.1) is 0 Å². The van der Waals surface area contributed by atoms with Crippen molar-refractivity contribution in [2.45, 2.75) is 0 Å². The zero-order valence-corrected chi connectivity index (χ0v) is 6.67. The molecule has 62 valence electrons. The first-order valence-corrected chi connectivity index (χ1v) is 3.96. The minimum atomic E-state index is -1.59. The summed E-state index contributed by atoms with van der Waals surface area (Å²) in [7, 11) is -1.59. The topological polar surface area (TPSA) is 108 Å². The van der Waals surface area contributed by atoms with Gasteiger partial charge in [0.25, 0.3) is 0 Å². The third-order valence-corrected chi connectivity index (χ3v) is 2.12. The summed E-state index contributed by atoms with van der Waals surface area (Å²) in [5.41, 5.74) is 5.96. The fourth-order valence-corrected chi connectivity index (χ4v) is 1.54. The maximum atomic E-state index is 8.72. The second kappa shape index (κ2) is 2.44. The standard InChI is InChI=1S/C4H5BN4O2S/c6-4-8-1-2(12-4)9-3(7-1)5(10)11/h10-11H,(H2,6,8)(H,7,9). The van der Waals surface area contributed by atoms with E-state index < -0.39 is 7.12 Å². The molecule has 0 amide bonds. The Bertz CT molecular complexity index is 379. The molecule has 0 aromatic carbocycles. The van der Waals surface area contributed by atoms with Crippen molar-refractivity contribution in [3.05, 3.63) is 0 Å². The molecule has 0 spiro atoms. The molecule has 2 aromatic rings. The Morgan fingerprint density at radius 3 is 2.75 bits per heavy atom. The van der Waals surface area contributed by atoms with Crippen molar-refractivity contribution in [3.8, 4) is 0 Å². The van der Waals surface area contributed by atoms with E-state index >= 15 is 0 Å². The van der Waals surface area contributed by atoms with Gasteiger partial charge in [0.2, 0.25) is 0 Å². The summed E-state index contributed by atoms with van der Waals surface area (Å²) >= 11 is 1.19. The Balaban J connectivity index is 2.57. The van der Waals surface area contributed by atoms with Crippen molar-refractivity contribution in [1.82, 2.24) is 15.0 Å². The van der Waals surface area contributed by atoms with Crippen LogP contribution in [0.25, 0.3) is 10.5 Å². The number of aromatic amines is 1. The van der Waals surface area contributed by atoms with E-state index in [0.29, 0.717) is 15.6 Å². The fraction of sp³-hybridized carbons (Fsp3) is 0. The van der Waals surface area contributed by atoms with E-state index in [1.807, 2.05) is 0 Å². The van der Waals surface area contributed by atoms with Gasteiger partial charge in [0.1, 0.15) is 5.72 Å². The van der Waals surface area contributed by atoms with E-state index in [9.17, 15) is 0 Å². The highest BCUT2D eigenvalue weighted by Gasteiger charge is 2.17. The predicted octanol–water partition coefficient (Wildman–Crippen LogP) is -1.72. The maximum absolute atomic E-state index is 8.72. The Hall–Kier alpha value is -1.12. The monoisotopic (exact) mass is 184 g/mol. The smallest absolute Gasteiger partial charge is 0.421 e. The summed E-state index contributed by atoms with van der Waals surface area (Å²) in [6, 6.07) is 0. The van der Waals surface area contributed by atoms with Crippen LogP contribution in [-0.2, 0) is 0 Å². The van der Waals surface area contributed by atoms with Gasteiger partial charge in [0.15, 0.2) is 15.6 Å². The van der Waals surface area contributed by atoms with Crippen molar-refractivity contribution in [3.63, 3.8) is 0 Å². The Morgan fingerprint density at radius 2 is 2.17 bits per heavy atom. The van der Waals surface area contributed by atoms with Crippen molar-refractivity contribution in [2.24, 2.45) is 0 Å². The molecule has 2 aromatic heterocycles. The molecule has 0 unspecified atom stereocenters. The van der Waals surface area contributed by atoms with E-state index in [-0.39, 0.29) is 5.72 Å². The Kier molecular flexibility index (Phi) is 1.53. The molecule has 5 N–H and O–H groups in total. The van der Waals surface area contributed by atoms with E-state index in [2.05, 4.69) is 15.0 Å². The van der Waals surface area contributed by atoms with Gasteiger partial charge >= 0.3 is 7.12 Å². The highest BCUT2D eigenvalue weighted by molar-refractivity contribution is 7.21. The quantitative estimate of drug-likeness (QED) is 0.394. The molecule has 12 heavy (non-hydrogen) atoms. The van der Waals surface area contributed by atoms with Gasteiger partial charge < -0.3 is 20.8 Å². The van der Waals surface area contributed by atoms with Crippen molar-refractivity contribution in [1.29, 1.82) is 0 Å². The van der Waals surface area contributed by atoms with E-state index in [4.69, 9.17) is 15.8 Å². The lowest BCUT2D eigenvalue weighted by molar-refractivity contribution is 0.423. The van der Waals surface area contributed by atoms with E-state index in [1.54, 1.807) is 0 Å².